The number of benzene rings is 2. The van der Waals surface area contributed by atoms with Crippen LogP contribution in [0.2, 0.25) is 0 Å². The molecule has 0 radical (unpaired) electrons. The summed E-state index contributed by atoms with van der Waals surface area (Å²) in [6, 6.07) is 13.8. The van der Waals surface area contributed by atoms with Gasteiger partial charge in [0.2, 0.25) is 0 Å². The lowest BCUT2D eigenvalue weighted by Gasteiger charge is -2.11. The number of fused-ring (bicyclic) bond motifs is 1. The number of nitrogens with one attached hydrogen (secondary N) is 1. The summed E-state index contributed by atoms with van der Waals surface area (Å²) in [4.78, 5) is 28.9. The van der Waals surface area contributed by atoms with Crippen molar-refractivity contribution >= 4 is 28.2 Å². The maximum absolute atomic E-state index is 13.2. The van der Waals surface area contributed by atoms with Crippen molar-refractivity contribution in [1.29, 1.82) is 0 Å². The van der Waals surface area contributed by atoms with Gasteiger partial charge in [0.05, 0.1) is 27.9 Å². The predicted molar refractivity (Wildman–Crippen MR) is 119 cm³/mol. The SMILES string of the molecule is CCn1ncc(-c2cc(C(=O)Nc3ccc(C)cc3[N+](=O)[O-])c3ccccc3n2)c1C. The van der Waals surface area contributed by atoms with Crippen LogP contribution in [0.15, 0.2) is 54.7 Å². The number of pyridine rings is 1. The summed E-state index contributed by atoms with van der Waals surface area (Å²) < 4.78 is 1.86. The number of amides is 1. The molecule has 0 spiro atoms. The highest BCUT2D eigenvalue weighted by Crippen LogP contribution is 2.29. The molecule has 0 aliphatic carbocycles. The first-order valence-electron chi connectivity index (χ1n) is 9.88. The molecule has 156 valence electrons. The minimum absolute atomic E-state index is 0.146. The third kappa shape index (κ3) is 3.75. The summed E-state index contributed by atoms with van der Waals surface area (Å²) in [5.74, 6) is -0.438. The highest BCUT2D eigenvalue weighted by atomic mass is 16.6. The largest absolute Gasteiger partial charge is 0.316 e. The molecule has 0 aliphatic rings. The number of nitro groups is 1. The Morgan fingerprint density at radius 2 is 1.94 bits per heavy atom. The first kappa shape index (κ1) is 20.2. The summed E-state index contributed by atoms with van der Waals surface area (Å²) >= 11 is 0. The average Bonchev–Trinajstić information content (AvgIpc) is 3.14. The molecule has 1 amide bonds. The van der Waals surface area contributed by atoms with Gasteiger partial charge in [0.15, 0.2) is 0 Å². The van der Waals surface area contributed by atoms with Gasteiger partial charge in [0.1, 0.15) is 5.69 Å². The van der Waals surface area contributed by atoms with Crippen molar-refractivity contribution in [1.82, 2.24) is 14.8 Å². The fourth-order valence-corrected chi connectivity index (χ4v) is 3.61. The molecular weight excluding hydrogens is 394 g/mol. The fraction of sp³-hybridized carbons (Fsp3) is 0.174. The van der Waals surface area contributed by atoms with Crippen LogP contribution >= 0.6 is 0 Å². The number of rotatable bonds is 5. The Kier molecular flexibility index (Phi) is 5.21. The minimum Gasteiger partial charge on any atom is -0.316 e. The molecule has 0 saturated carbocycles. The third-order valence-corrected chi connectivity index (χ3v) is 5.24. The van der Waals surface area contributed by atoms with Crippen molar-refractivity contribution in [2.45, 2.75) is 27.3 Å². The lowest BCUT2D eigenvalue weighted by molar-refractivity contribution is -0.384. The van der Waals surface area contributed by atoms with E-state index in [1.165, 1.54) is 6.07 Å². The van der Waals surface area contributed by atoms with Crippen LogP contribution in [0.4, 0.5) is 11.4 Å². The molecule has 8 heteroatoms. The topological polar surface area (TPSA) is 103 Å². The lowest BCUT2D eigenvalue weighted by Crippen LogP contribution is -2.14. The van der Waals surface area contributed by atoms with E-state index in [4.69, 9.17) is 4.98 Å². The van der Waals surface area contributed by atoms with Crippen LogP contribution < -0.4 is 5.32 Å². The molecular formula is C23H21N5O3. The predicted octanol–water partition coefficient (Wildman–Crippen LogP) is 4.90. The highest BCUT2D eigenvalue weighted by molar-refractivity contribution is 6.13. The van der Waals surface area contributed by atoms with E-state index >= 15 is 0 Å². The van der Waals surface area contributed by atoms with Crippen LogP contribution in [-0.4, -0.2) is 25.6 Å². The number of carbonyl (C=O) groups is 1. The summed E-state index contributed by atoms with van der Waals surface area (Å²) in [5.41, 5.74) is 4.20. The number of para-hydroxylation sites is 1. The number of anilines is 1. The zero-order valence-corrected chi connectivity index (χ0v) is 17.4. The van der Waals surface area contributed by atoms with Gasteiger partial charge >= 0.3 is 0 Å². The molecule has 0 bridgehead atoms. The molecule has 4 rings (SSSR count). The molecule has 8 nitrogen and oxygen atoms in total. The van der Waals surface area contributed by atoms with Crippen molar-refractivity contribution in [2.24, 2.45) is 0 Å². The lowest BCUT2D eigenvalue weighted by atomic mass is 10.0. The van der Waals surface area contributed by atoms with Crippen molar-refractivity contribution in [3.8, 4) is 11.3 Å². The second kappa shape index (κ2) is 7.98. The van der Waals surface area contributed by atoms with Crippen LogP contribution in [-0.2, 0) is 6.54 Å². The third-order valence-electron chi connectivity index (χ3n) is 5.24. The first-order valence-corrected chi connectivity index (χ1v) is 9.88. The molecule has 2 aromatic heterocycles. The molecule has 4 aromatic rings. The van der Waals surface area contributed by atoms with Crippen molar-refractivity contribution in [3.05, 3.63) is 81.7 Å². The van der Waals surface area contributed by atoms with Gasteiger partial charge in [-0.15, -0.1) is 0 Å². The van der Waals surface area contributed by atoms with Gasteiger partial charge in [-0.1, -0.05) is 24.3 Å². The van der Waals surface area contributed by atoms with Gasteiger partial charge in [-0.2, -0.15) is 5.10 Å². The number of nitrogens with zero attached hydrogens (tertiary/aromatic N) is 4. The number of hydrogen-bond acceptors (Lipinski definition) is 5. The highest BCUT2D eigenvalue weighted by Gasteiger charge is 2.20. The Hall–Kier alpha value is -4.07. The van der Waals surface area contributed by atoms with E-state index in [0.717, 1.165) is 23.4 Å². The summed E-state index contributed by atoms with van der Waals surface area (Å²) in [7, 11) is 0. The fourth-order valence-electron chi connectivity index (χ4n) is 3.61. The number of aryl methyl sites for hydroxylation is 2. The summed E-state index contributed by atoms with van der Waals surface area (Å²) in [6.07, 6.45) is 1.74. The van der Waals surface area contributed by atoms with Gasteiger partial charge in [-0.05, 0) is 44.5 Å². The maximum atomic E-state index is 13.2. The van der Waals surface area contributed by atoms with Crippen LogP contribution in [0.5, 0.6) is 0 Å². The van der Waals surface area contributed by atoms with Crippen LogP contribution in [0.25, 0.3) is 22.2 Å². The van der Waals surface area contributed by atoms with Crippen LogP contribution in [0, 0.1) is 24.0 Å². The van der Waals surface area contributed by atoms with Gasteiger partial charge in [0, 0.05) is 29.3 Å². The molecule has 0 aliphatic heterocycles. The Labute approximate surface area is 178 Å². The van der Waals surface area contributed by atoms with E-state index in [1.807, 2.05) is 42.8 Å². The van der Waals surface area contributed by atoms with E-state index in [0.29, 0.717) is 22.2 Å². The first-order chi connectivity index (χ1) is 14.9. The number of carbonyl (C=O) groups excluding carboxylic acids is 1. The van der Waals surface area contributed by atoms with Gasteiger partial charge in [-0.3, -0.25) is 19.6 Å². The minimum atomic E-state index is -0.499. The second-order valence-corrected chi connectivity index (χ2v) is 7.26. The molecule has 2 aromatic carbocycles. The molecule has 0 unspecified atom stereocenters. The van der Waals surface area contributed by atoms with Gasteiger partial charge < -0.3 is 5.32 Å². The normalized spacial score (nSPS) is 10.9. The number of hydrogen-bond donors (Lipinski definition) is 1. The standard InChI is InChI=1S/C23H21N5O3/c1-4-27-15(3)18(13-24-27)21-12-17(16-7-5-6-8-19(16)25-21)23(29)26-20-10-9-14(2)11-22(20)28(30)31/h5-13H,4H2,1-3H3,(H,26,29). The maximum Gasteiger partial charge on any atom is 0.293 e. The molecule has 0 saturated heterocycles. The van der Waals surface area contributed by atoms with Crippen molar-refractivity contribution < 1.29 is 9.72 Å². The summed E-state index contributed by atoms with van der Waals surface area (Å²) in [5, 5.41) is 19.2. The zero-order valence-electron chi connectivity index (χ0n) is 17.4. The van der Waals surface area contributed by atoms with Crippen LogP contribution in [0.1, 0.15) is 28.5 Å². The molecule has 0 fully saturated rings. The quantitative estimate of drug-likeness (QED) is 0.369. The number of aromatic nitrogens is 3. The Morgan fingerprint density at radius 3 is 2.65 bits per heavy atom. The van der Waals surface area contributed by atoms with E-state index in [9.17, 15) is 14.9 Å². The zero-order chi connectivity index (χ0) is 22.1. The van der Waals surface area contributed by atoms with E-state index in [2.05, 4.69) is 10.4 Å². The van der Waals surface area contributed by atoms with E-state index in [1.54, 1.807) is 31.3 Å². The van der Waals surface area contributed by atoms with Crippen LogP contribution in [0.3, 0.4) is 0 Å². The van der Waals surface area contributed by atoms with Crippen molar-refractivity contribution in [3.63, 3.8) is 0 Å². The molecule has 0 atom stereocenters. The van der Waals surface area contributed by atoms with E-state index in [-0.39, 0.29) is 11.4 Å². The Balaban J connectivity index is 1.82. The number of nitro benzene ring substituents is 1. The molecule has 2 heterocycles. The van der Waals surface area contributed by atoms with Gasteiger partial charge in [-0.25, -0.2) is 4.98 Å². The van der Waals surface area contributed by atoms with E-state index < -0.39 is 10.8 Å². The summed E-state index contributed by atoms with van der Waals surface area (Å²) in [6.45, 7) is 6.45. The second-order valence-electron chi connectivity index (χ2n) is 7.26. The molecule has 1 N–H and O–H groups in total. The average molecular weight is 415 g/mol. The Morgan fingerprint density at radius 1 is 1.16 bits per heavy atom. The Bertz CT molecular complexity index is 1330. The van der Waals surface area contributed by atoms with Crippen molar-refractivity contribution in [2.75, 3.05) is 5.32 Å². The van der Waals surface area contributed by atoms with Gasteiger partial charge in [0.25, 0.3) is 11.6 Å². The smallest absolute Gasteiger partial charge is 0.293 e. The monoisotopic (exact) mass is 415 g/mol. The molecule has 31 heavy (non-hydrogen) atoms.